The number of carbonyl (C=O) groups is 1. The van der Waals surface area contributed by atoms with Crippen LogP contribution in [0.1, 0.15) is 5.69 Å². The fourth-order valence-electron chi connectivity index (χ4n) is 1.77. The van der Waals surface area contributed by atoms with Gasteiger partial charge in [-0.2, -0.15) is 0 Å². The minimum atomic E-state index is -0.979. The van der Waals surface area contributed by atoms with Gasteiger partial charge < -0.3 is 10.8 Å². The van der Waals surface area contributed by atoms with Crippen molar-refractivity contribution in [3.05, 3.63) is 46.1 Å². The third-order valence-electron chi connectivity index (χ3n) is 2.49. The molecule has 1 aromatic carbocycles. The number of pyridine rings is 1. The Balaban J connectivity index is 2.57. The van der Waals surface area contributed by atoms with E-state index in [9.17, 15) is 4.79 Å². The van der Waals surface area contributed by atoms with Crippen molar-refractivity contribution in [1.82, 2.24) is 4.98 Å². The largest absolute Gasteiger partial charge is 0.481 e. The van der Waals surface area contributed by atoms with Crippen LogP contribution in [-0.4, -0.2) is 16.1 Å². The lowest BCUT2D eigenvalue weighted by molar-refractivity contribution is -0.136. The number of hydrogen-bond acceptors (Lipinski definition) is 3. The van der Waals surface area contributed by atoms with Crippen LogP contribution >= 0.6 is 23.2 Å². The van der Waals surface area contributed by atoms with Crippen LogP contribution < -0.4 is 5.73 Å². The van der Waals surface area contributed by atoms with Crippen LogP contribution in [0.3, 0.4) is 0 Å². The van der Waals surface area contributed by atoms with Gasteiger partial charge in [-0.15, -0.1) is 0 Å². The summed E-state index contributed by atoms with van der Waals surface area (Å²) < 4.78 is 0. The molecule has 0 aliphatic heterocycles. The van der Waals surface area contributed by atoms with Gasteiger partial charge in [0.25, 0.3) is 0 Å². The van der Waals surface area contributed by atoms with Crippen LogP contribution in [0.4, 0.5) is 5.82 Å². The highest BCUT2D eigenvalue weighted by molar-refractivity contribution is 6.35. The molecule has 2 aromatic rings. The number of hydrogen-bond donors (Lipinski definition) is 2. The first-order valence-electron chi connectivity index (χ1n) is 5.39. The summed E-state index contributed by atoms with van der Waals surface area (Å²) in [6, 6.07) is 8.32. The van der Waals surface area contributed by atoms with E-state index in [1.165, 1.54) is 0 Å². The van der Waals surface area contributed by atoms with Crippen molar-refractivity contribution in [2.75, 3.05) is 5.73 Å². The maximum absolute atomic E-state index is 10.9. The Labute approximate surface area is 119 Å². The number of anilines is 1. The minimum absolute atomic E-state index is 0.218. The van der Waals surface area contributed by atoms with Crippen molar-refractivity contribution >= 4 is 35.0 Å². The number of nitrogen functional groups attached to an aromatic ring is 1. The van der Waals surface area contributed by atoms with E-state index in [1.807, 2.05) is 0 Å². The standard InChI is InChI=1S/C13H10Cl2N2O2/c14-8-3-7(4-9(15)5-8)10-1-2-12(16)17-11(10)6-13(18)19/h1-5H,6H2,(H2,16,17)(H,18,19). The van der Waals surface area contributed by atoms with Crippen molar-refractivity contribution < 1.29 is 9.90 Å². The van der Waals surface area contributed by atoms with Gasteiger partial charge >= 0.3 is 5.97 Å². The van der Waals surface area contributed by atoms with Gasteiger partial charge in [-0.25, -0.2) is 4.98 Å². The topological polar surface area (TPSA) is 76.2 Å². The monoisotopic (exact) mass is 296 g/mol. The molecule has 0 aliphatic carbocycles. The summed E-state index contributed by atoms with van der Waals surface area (Å²) in [5.74, 6) is -0.708. The number of nitrogens with two attached hydrogens (primary N) is 1. The predicted molar refractivity (Wildman–Crippen MR) is 75.4 cm³/mol. The lowest BCUT2D eigenvalue weighted by atomic mass is 10.0. The molecule has 0 radical (unpaired) electrons. The molecule has 0 aliphatic rings. The molecule has 6 heteroatoms. The van der Waals surface area contributed by atoms with Gasteiger partial charge in [-0.3, -0.25) is 4.79 Å². The molecular weight excluding hydrogens is 287 g/mol. The molecule has 1 heterocycles. The summed E-state index contributed by atoms with van der Waals surface area (Å²) in [4.78, 5) is 14.9. The summed E-state index contributed by atoms with van der Waals surface area (Å²) in [7, 11) is 0. The van der Waals surface area contributed by atoms with Crippen LogP contribution in [0, 0.1) is 0 Å². The molecule has 0 saturated carbocycles. The number of halogens is 2. The second-order valence-corrected chi connectivity index (χ2v) is 4.83. The summed E-state index contributed by atoms with van der Waals surface area (Å²) in [5.41, 5.74) is 7.33. The minimum Gasteiger partial charge on any atom is -0.481 e. The number of nitrogens with zero attached hydrogens (tertiary/aromatic N) is 1. The number of rotatable bonds is 3. The Morgan fingerprint density at radius 2 is 1.84 bits per heavy atom. The van der Waals surface area contributed by atoms with Gasteiger partial charge in [-0.1, -0.05) is 23.2 Å². The van der Waals surface area contributed by atoms with E-state index in [0.717, 1.165) is 0 Å². The smallest absolute Gasteiger partial charge is 0.309 e. The van der Waals surface area contributed by atoms with Gasteiger partial charge in [0.15, 0.2) is 0 Å². The molecule has 4 nitrogen and oxygen atoms in total. The Bertz CT molecular complexity index is 624. The molecule has 1 aromatic heterocycles. The lowest BCUT2D eigenvalue weighted by Crippen LogP contribution is -2.06. The van der Waals surface area contributed by atoms with Crippen molar-refractivity contribution in [1.29, 1.82) is 0 Å². The molecule has 0 bridgehead atoms. The first-order chi connectivity index (χ1) is 8.95. The lowest BCUT2D eigenvalue weighted by Gasteiger charge is -2.09. The summed E-state index contributed by atoms with van der Waals surface area (Å²) in [6.07, 6.45) is -0.218. The van der Waals surface area contributed by atoms with Crippen molar-refractivity contribution in [2.24, 2.45) is 0 Å². The zero-order chi connectivity index (χ0) is 14.0. The fraction of sp³-hybridized carbons (Fsp3) is 0.0769. The van der Waals surface area contributed by atoms with Crippen LogP contribution in [0.25, 0.3) is 11.1 Å². The zero-order valence-electron chi connectivity index (χ0n) is 9.73. The molecule has 0 fully saturated rings. The van der Waals surface area contributed by atoms with Crippen LogP contribution in [0.15, 0.2) is 30.3 Å². The molecule has 3 N–H and O–H groups in total. The summed E-state index contributed by atoms with van der Waals surface area (Å²) >= 11 is 11.9. The Hall–Kier alpha value is -1.78. The first-order valence-corrected chi connectivity index (χ1v) is 6.15. The van der Waals surface area contributed by atoms with Gasteiger partial charge in [0.1, 0.15) is 5.82 Å². The van der Waals surface area contributed by atoms with Gasteiger partial charge in [-0.05, 0) is 35.9 Å². The Morgan fingerprint density at radius 1 is 1.21 bits per heavy atom. The normalized spacial score (nSPS) is 10.4. The molecule has 19 heavy (non-hydrogen) atoms. The number of aliphatic carboxylic acids is 1. The Kier molecular flexibility index (Phi) is 3.93. The third-order valence-corrected chi connectivity index (χ3v) is 2.92. The van der Waals surface area contributed by atoms with Crippen molar-refractivity contribution in [2.45, 2.75) is 6.42 Å². The molecule has 0 atom stereocenters. The highest BCUT2D eigenvalue weighted by atomic mass is 35.5. The highest BCUT2D eigenvalue weighted by Gasteiger charge is 2.12. The molecular formula is C13H10Cl2N2O2. The Morgan fingerprint density at radius 3 is 2.42 bits per heavy atom. The highest BCUT2D eigenvalue weighted by Crippen LogP contribution is 2.29. The third kappa shape index (κ3) is 3.36. The summed E-state index contributed by atoms with van der Waals surface area (Å²) in [5, 5.41) is 9.85. The quantitative estimate of drug-likeness (QED) is 0.911. The predicted octanol–water partition coefficient (Wildman–Crippen LogP) is 3.26. The van der Waals surface area contributed by atoms with Gasteiger partial charge in [0.05, 0.1) is 12.1 Å². The maximum Gasteiger partial charge on any atom is 0.309 e. The molecule has 0 spiro atoms. The van der Waals surface area contributed by atoms with E-state index in [0.29, 0.717) is 26.9 Å². The zero-order valence-corrected chi connectivity index (χ0v) is 11.2. The van der Waals surface area contributed by atoms with E-state index in [1.54, 1.807) is 30.3 Å². The summed E-state index contributed by atoms with van der Waals surface area (Å²) in [6.45, 7) is 0. The average molecular weight is 297 g/mol. The number of carboxylic acids is 1. The molecule has 0 saturated heterocycles. The average Bonchev–Trinajstić information content (AvgIpc) is 2.26. The SMILES string of the molecule is Nc1ccc(-c2cc(Cl)cc(Cl)c2)c(CC(=O)O)n1. The number of benzene rings is 1. The number of carboxylic acid groups (broad SMARTS) is 1. The molecule has 0 amide bonds. The fourth-order valence-corrected chi connectivity index (χ4v) is 2.29. The van der Waals surface area contributed by atoms with Crippen LogP contribution in [0.2, 0.25) is 10.0 Å². The second kappa shape index (κ2) is 5.47. The van der Waals surface area contributed by atoms with E-state index in [4.69, 9.17) is 34.0 Å². The molecule has 0 unspecified atom stereocenters. The van der Waals surface area contributed by atoms with E-state index < -0.39 is 5.97 Å². The molecule has 2 rings (SSSR count). The van der Waals surface area contributed by atoms with E-state index in [2.05, 4.69) is 4.98 Å². The van der Waals surface area contributed by atoms with Crippen molar-refractivity contribution in [3.8, 4) is 11.1 Å². The van der Waals surface area contributed by atoms with Gasteiger partial charge in [0, 0.05) is 15.6 Å². The van der Waals surface area contributed by atoms with E-state index >= 15 is 0 Å². The first kappa shape index (κ1) is 13.6. The van der Waals surface area contributed by atoms with Gasteiger partial charge in [0.2, 0.25) is 0 Å². The van der Waals surface area contributed by atoms with E-state index in [-0.39, 0.29) is 12.2 Å². The van der Waals surface area contributed by atoms with Crippen molar-refractivity contribution in [3.63, 3.8) is 0 Å². The van der Waals surface area contributed by atoms with Crippen LogP contribution in [0.5, 0.6) is 0 Å². The number of aromatic nitrogens is 1. The second-order valence-electron chi connectivity index (χ2n) is 3.96. The van der Waals surface area contributed by atoms with Crippen LogP contribution in [-0.2, 0) is 11.2 Å². The maximum atomic E-state index is 10.9. The molecule has 98 valence electrons.